The van der Waals surface area contributed by atoms with Crippen LogP contribution in [0.2, 0.25) is 0 Å². The van der Waals surface area contributed by atoms with Gasteiger partial charge in [-0.15, -0.1) is 0 Å². The van der Waals surface area contributed by atoms with Crippen molar-refractivity contribution in [2.75, 3.05) is 13.1 Å². The molecule has 1 atom stereocenters. The van der Waals surface area contributed by atoms with Crippen molar-refractivity contribution >= 4 is 5.91 Å². The molecule has 1 fully saturated rings. The minimum Gasteiger partial charge on any atom is -0.320 e. The summed E-state index contributed by atoms with van der Waals surface area (Å²) in [4.78, 5) is 12.4. The molecule has 4 heteroatoms. The maximum Gasteiger partial charge on any atom is 0.281 e. The Hall–Kier alpha value is -1.39. The van der Waals surface area contributed by atoms with Crippen LogP contribution in [0.3, 0.4) is 0 Å². The molecule has 0 unspecified atom stereocenters. The Morgan fingerprint density at radius 1 is 1.24 bits per heavy atom. The van der Waals surface area contributed by atoms with E-state index < -0.39 is 6.04 Å². The summed E-state index contributed by atoms with van der Waals surface area (Å²) in [5.41, 5.74) is 10.5. The minimum atomic E-state index is -0.406. The molecule has 0 bridgehead atoms. The van der Waals surface area contributed by atoms with Gasteiger partial charge in [-0.25, -0.2) is 10.0 Å². The van der Waals surface area contributed by atoms with Gasteiger partial charge in [0.1, 0.15) is 19.6 Å². The second-order valence-electron chi connectivity index (χ2n) is 6.66. The van der Waals surface area contributed by atoms with E-state index in [4.69, 9.17) is 5.73 Å². The summed E-state index contributed by atoms with van der Waals surface area (Å²) in [6.07, 6.45) is 3.05. The summed E-state index contributed by atoms with van der Waals surface area (Å²) in [5.74, 6) is 0.424. The largest absolute Gasteiger partial charge is 0.320 e. The third-order valence-electron chi connectivity index (χ3n) is 4.16. The molecule has 0 aromatic heterocycles. The van der Waals surface area contributed by atoms with Gasteiger partial charge in [0.25, 0.3) is 5.91 Å². The number of carbonyl (C=O) groups excluding carboxylic acids is 1. The highest BCUT2D eigenvalue weighted by molar-refractivity contribution is 5.80. The maximum absolute atomic E-state index is 12.4. The first-order valence-electron chi connectivity index (χ1n) is 7.98. The monoisotopic (exact) mass is 290 g/mol. The molecule has 0 saturated carbocycles. The molecular weight excluding hydrogens is 262 g/mol. The van der Waals surface area contributed by atoms with Crippen molar-refractivity contribution in [1.82, 2.24) is 5.43 Å². The van der Waals surface area contributed by atoms with Gasteiger partial charge in [0.2, 0.25) is 0 Å². The third kappa shape index (κ3) is 4.55. The van der Waals surface area contributed by atoms with Gasteiger partial charge in [0.15, 0.2) is 0 Å². The Morgan fingerprint density at radius 2 is 1.86 bits per heavy atom. The van der Waals surface area contributed by atoms with Crippen LogP contribution >= 0.6 is 0 Å². The fourth-order valence-electron chi connectivity index (χ4n) is 3.11. The van der Waals surface area contributed by atoms with E-state index in [1.54, 1.807) is 0 Å². The predicted molar refractivity (Wildman–Crippen MR) is 84.9 cm³/mol. The zero-order valence-corrected chi connectivity index (χ0v) is 13.2. The quantitative estimate of drug-likeness (QED) is 0.789. The maximum atomic E-state index is 12.4. The fraction of sp³-hybridized carbons (Fsp3) is 0.588. The zero-order valence-electron chi connectivity index (χ0n) is 13.2. The molecule has 0 spiro atoms. The van der Waals surface area contributed by atoms with Crippen LogP contribution in [-0.4, -0.2) is 29.6 Å². The topological polar surface area (TPSA) is 55.1 Å². The molecule has 1 heterocycles. The number of rotatable bonds is 6. The Kier molecular flexibility index (Phi) is 5.37. The summed E-state index contributed by atoms with van der Waals surface area (Å²) >= 11 is 0. The lowest BCUT2D eigenvalue weighted by atomic mass is 10.0. The Morgan fingerprint density at radius 3 is 2.43 bits per heavy atom. The summed E-state index contributed by atoms with van der Waals surface area (Å²) in [6, 6.07) is 9.96. The number of nitrogens with one attached hydrogen (secondary N) is 1. The van der Waals surface area contributed by atoms with E-state index in [0.29, 0.717) is 10.5 Å². The molecule has 1 aromatic rings. The normalized spacial score (nSPS) is 18.7. The van der Waals surface area contributed by atoms with E-state index in [2.05, 4.69) is 31.4 Å². The lowest BCUT2D eigenvalue weighted by molar-refractivity contribution is -0.963. The molecule has 1 aliphatic rings. The van der Waals surface area contributed by atoms with Crippen LogP contribution in [0.15, 0.2) is 30.3 Å². The third-order valence-corrected chi connectivity index (χ3v) is 4.16. The summed E-state index contributed by atoms with van der Waals surface area (Å²) < 4.78 is 0.647. The molecule has 0 aliphatic carbocycles. The van der Waals surface area contributed by atoms with Gasteiger partial charge in [0.05, 0.1) is 6.04 Å². The fourth-order valence-corrected chi connectivity index (χ4v) is 3.11. The molecule has 116 valence electrons. The van der Waals surface area contributed by atoms with Crippen molar-refractivity contribution in [2.24, 2.45) is 11.7 Å². The van der Waals surface area contributed by atoms with Gasteiger partial charge < -0.3 is 5.73 Å². The van der Waals surface area contributed by atoms with E-state index in [0.717, 1.165) is 38.9 Å². The Labute approximate surface area is 127 Å². The van der Waals surface area contributed by atoms with Crippen LogP contribution in [0.25, 0.3) is 0 Å². The average Bonchev–Trinajstić information content (AvgIpc) is 2.87. The van der Waals surface area contributed by atoms with Gasteiger partial charge in [-0.1, -0.05) is 44.2 Å². The highest BCUT2D eigenvalue weighted by atomic mass is 16.2. The first-order valence-corrected chi connectivity index (χ1v) is 7.98. The number of nitrogens with zero attached hydrogens (tertiary/aromatic N) is 1. The van der Waals surface area contributed by atoms with Crippen LogP contribution in [-0.2, 0) is 11.3 Å². The number of amides is 1. The smallest absolute Gasteiger partial charge is 0.281 e. The summed E-state index contributed by atoms with van der Waals surface area (Å²) in [5, 5.41) is 0. The zero-order chi connectivity index (χ0) is 15.3. The predicted octanol–water partition coefficient (Wildman–Crippen LogP) is 2.20. The molecule has 1 aromatic carbocycles. The lowest BCUT2D eigenvalue weighted by Crippen LogP contribution is -2.61. The highest BCUT2D eigenvalue weighted by Crippen LogP contribution is 2.21. The number of nitrogens with two attached hydrogens (primary N) is 1. The van der Waals surface area contributed by atoms with Crippen LogP contribution in [0, 0.1) is 5.92 Å². The molecular formula is C17H28N3O+. The van der Waals surface area contributed by atoms with Crippen molar-refractivity contribution < 1.29 is 9.39 Å². The first kappa shape index (κ1) is 16.0. The Balaban J connectivity index is 2.03. The van der Waals surface area contributed by atoms with Gasteiger partial charge >= 0.3 is 0 Å². The molecule has 1 amide bonds. The number of quaternary nitrogens is 1. The Bertz CT molecular complexity index is 452. The molecule has 1 saturated heterocycles. The minimum absolute atomic E-state index is 0.0125. The van der Waals surface area contributed by atoms with E-state index in [9.17, 15) is 4.79 Å². The first-order chi connectivity index (χ1) is 10.0. The van der Waals surface area contributed by atoms with E-state index >= 15 is 0 Å². The lowest BCUT2D eigenvalue weighted by Gasteiger charge is -2.34. The molecule has 0 radical (unpaired) electrons. The SMILES string of the molecule is CC(C)C[C@H](N)C(=O)N[N+]1(Cc2ccccc2)CCCC1. The van der Waals surface area contributed by atoms with Crippen molar-refractivity contribution in [3.63, 3.8) is 0 Å². The number of hydrogen-bond donors (Lipinski definition) is 2. The van der Waals surface area contributed by atoms with Crippen molar-refractivity contribution in [1.29, 1.82) is 0 Å². The van der Waals surface area contributed by atoms with Crippen LogP contribution in [0.4, 0.5) is 0 Å². The van der Waals surface area contributed by atoms with Crippen molar-refractivity contribution in [3.8, 4) is 0 Å². The van der Waals surface area contributed by atoms with Gasteiger partial charge in [-0.3, -0.25) is 4.79 Å². The number of carbonyl (C=O) groups is 1. The van der Waals surface area contributed by atoms with Crippen LogP contribution in [0.1, 0.15) is 38.7 Å². The standard InChI is InChI=1S/C17H27N3O/c1-14(2)12-16(18)17(21)19-20(10-6-7-11-20)13-15-8-4-3-5-9-15/h3-5,8-9,14,16H,6-7,10-13,18H2,1-2H3/p+1/t16-/m0/s1. The van der Waals surface area contributed by atoms with Gasteiger partial charge in [-0.2, -0.15) is 0 Å². The second-order valence-corrected chi connectivity index (χ2v) is 6.66. The summed E-state index contributed by atoms with van der Waals surface area (Å²) in [6.45, 7) is 7.03. The second kappa shape index (κ2) is 7.05. The number of benzene rings is 1. The molecule has 1 aliphatic heterocycles. The van der Waals surface area contributed by atoms with E-state index in [-0.39, 0.29) is 5.91 Å². The van der Waals surface area contributed by atoms with E-state index in [1.807, 2.05) is 18.2 Å². The van der Waals surface area contributed by atoms with Crippen LogP contribution in [0.5, 0.6) is 0 Å². The molecule has 3 N–H and O–H groups in total. The molecule has 4 nitrogen and oxygen atoms in total. The molecule has 21 heavy (non-hydrogen) atoms. The molecule has 2 rings (SSSR count). The van der Waals surface area contributed by atoms with Gasteiger partial charge in [0, 0.05) is 18.4 Å². The van der Waals surface area contributed by atoms with Crippen molar-refractivity contribution in [3.05, 3.63) is 35.9 Å². The van der Waals surface area contributed by atoms with Gasteiger partial charge in [-0.05, 0) is 12.3 Å². The summed E-state index contributed by atoms with van der Waals surface area (Å²) in [7, 11) is 0. The highest BCUT2D eigenvalue weighted by Gasteiger charge is 2.35. The number of likely N-dealkylation sites (tertiary alicyclic amines) is 1. The number of hydrogen-bond acceptors (Lipinski definition) is 2. The van der Waals surface area contributed by atoms with Crippen LogP contribution < -0.4 is 11.2 Å². The average molecular weight is 290 g/mol. The van der Waals surface area contributed by atoms with Crippen molar-refractivity contribution in [2.45, 2.75) is 45.7 Å². The van der Waals surface area contributed by atoms with E-state index in [1.165, 1.54) is 5.56 Å².